The fraction of sp³-hybridized carbons (Fsp3) is 0.348. The molecule has 0 aliphatic carbocycles. The van der Waals surface area contributed by atoms with Crippen LogP contribution in [0.4, 0.5) is 4.39 Å². The molecule has 0 saturated carbocycles. The van der Waals surface area contributed by atoms with Crippen molar-refractivity contribution in [1.29, 1.82) is 0 Å². The zero-order valence-corrected chi connectivity index (χ0v) is 17.0. The first kappa shape index (κ1) is 21.5. The Kier molecular flexibility index (Phi) is 6.82. The first-order chi connectivity index (χ1) is 14.3. The van der Waals surface area contributed by atoms with Crippen molar-refractivity contribution in [2.45, 2.75) is 39.0 Å². The molecule has 0 radical (unpaired) electrons. The maximum absolute atomic E-state index is 12.9. The van der Waals surface area contributed by atoms with Gasteiger partial charge in [0.15, 0.2) is 6.10 Å². The van der Waals surface area contributed by atoms with Crippen LogP contribution in [0.15, 0.2) is 54.6 Å². The van der Waals surface area contributed by atoms with E-state index in [4.69, 9.17) is 4.74 Å². The Hall–Kier alpha value is -3.22. The number of halogens is 1. The molecular formula is C23H25FN2O4. The van der Waals surface area contributed by atoms with Crippen molar-refractivity contribution in [3.63, 3.8) is 0 Å². The van der Waals surface area contributed by atoms with E-state index in [9.17, 15) is 18.8 Å². The first-order valence-electron chi connectivity index (χ1n) is 9.92. The normalized spacial score (nSPS) is 18.0. The fourth-order valence-corrected chi connectivity index (χ4v) is 3.43. The van der Waals surface area contributed by atoms with Crippen LogP contribution in [0.5, 0.6) is 0 Å². The Morgan fingerprint density at radius 2 is 1.80 bits per heavy atom. The van der Waals surface area contributed by atoms with Crippen molar-refractivity contribution in [1.82, 2.24) is 10.2 Å². The number of carbonyl (C=O) groups excluding carboxylic acids is 3. The molecule has 2 amide bonds. The summed E-state index contributed by atoms with van der Waals surface area (Å²) in [5, 5.41) is 2.66. The quantitative estimate of drug-likeness (QED) is 0.710. The Morgan fingerprint density at radius 1 is 1.13 bits per heavy atom. The van der Waals surface area contributed by atoms with E-state index in [1.165, 1.54) is 19.1 Å². The number of hydrogen-bond acceptors (Lipinski definition) is 4. The number of benzene rings is 2. The largest absolute Gasteiger partial charge is 0.452 e. The molecule has 2 aromatic carbocycles. The standard InChI is InChI=1S/C23H25FN2O4/c1-15(18-6-4-3-5-7-18)26-14-19(12-21(26)27)23(29)30-16(2)22(28)25-13-17-8-10-20(24)11-9-17/h3-11,15-16,19H,12-14H2,1-2H3,(H,25,28)/t15-,16+,19+/m1/s1. The molecule has 0 unspecified atom stereocenters. The van der Waals surface area contributed by atoms with Crippen molar-refractivity contribution in [3.8, 4) is 0 Å². The summed E-state index contributed by atoms with van der Waals surface area (Å²) >= 11 is 0. The van der Waals surface area contributed by atoms with Crippen LogP contribution in [0.25, 0.3) is 0 Å². The Balaban J connectivity index is 1.50. The molecule has 1 saturated heterocycles. The van der Waals surface area contributed by atoms with Crippen molar-refractivity contribution in [2.75, 3.05) is 6.54 Å². The third kappa shape index (κ3) is 5.23. The summed E-state index contributed by atoms with van der Waals surface area (Å²) in [4.78, 5) is 38.8. The first-order valence-corrected chi connectivity index (χ1v) is 9.92. The molecular weight excluding hydrogens is 387 g/mol. The molecule has 158 valence electrons. The number of rotatable bonds is 7. The van der Waals surface area contributed by atoms with E-state index >= 15 is 0 Å². The Labute approximate surface area is 175 Å². The molecule has 1 heterocycles. The smallest absolute Gasteiger partial charge is 0.312 e. The van der Waals surface area contributed by atoms with E-state index in [1.54, 1.807) is 17.0 Å². The van der Waals surface area contributed by atoms with Gasteiger partial charge in [0.25, 0.3) is 5.91 Å². The average molecular weight is 412 g/mol. The van der Waals surface area contributed by atoms with Gasteiger partial charge in [0.1, 0.15) is 5.82 Å². The fourth-order valence-electron chi connectivity index (χ4n) is 3.43. The van der Waals surface area contributed by atoms with Crippen LogP contribution in [0, 0.1) is 11.7 Å². The van der Waals surface area contributed by atoms with Gasteiger partial charge in [-0.2, -0.15) is 0 Å². The van der Waals surface area contributed by atoms with Crippen LogP contribution in [-0.2, 0) is 25.7 Å². The molecule has 3 rings (SSSR count). The van der Waals surface area contributed by atoms with Gasteiger partial charge in [0, 0.05) is 19.5 Å². The van der Waals surface area contributed by atoms with Gasteiger partial charge in [-0.1, -0.05) is 42.5 Å². The maximum Gasteiger partial charge on any atom is 0.312 e. The van der Waals surface area contributed by atoms with Gasteiger partial charge >= 0.3 is 5.97 Å². The number of amides is 2. The minimum Gasteiger partial charge on any atom is -0.452 e. The molecule has 1 fully saturated rings. The summed E-state index contributed by atoms with van der Waals surface area (Å²) < 4.78 is 18.2. The summed E-state index contributed by atoms with van der Waals surface area (Å²) in [7, 11) is 0. The van der Waals surface area contributed by atoms with E-state index in [1.807, 2.05) is 37.3 Å². The number of nitrogens with one attached hydrogen (secondary N) is 1. The number of ether oxygens (including phenoxy) is 1. The lowest BCUT2D eigenvalue weighted by molar-refractivity contribution is -0.158. The Bertz CT molecular complexity index is 901. The zero-order chi connectivity index (χ0) is 21.7. The minimum atomic E-state index is -0.992. The van der Waals surface area contributed by atoms with Crippen molar-refractivity contribution in [2.24, 2.45) is 5.92 Å². The van der Waals surface area contributed by atoms with Crippen molar-refractivity contribution < 1.29 is 23.5 Å². The lowest BCUT2D eigenvalue weighted by Gasteiger charge is -2.25. The second kappa shape index (κ2) is 9.52. The van der Waals surface area contributed by atoms with Gasteiger partial charge in [-0.15, -0.1) is 0 Å². The van der Waals surface area contributed by atoms with E-state index in [2.05, 4.69) is 5.32 Å². The van der Waals surface area contributed by atoms with Crippen molar-refractivity contribution >= 4 is 17.8 Å². The lowest BCUT2D eigenvalue weighted by atomic mass is 10.1. The van der Waals surface area contributed by atoms with Gasteiger partial charge in [-0.25, -0.2) is 4.39 Å². The van der Waals surface area contributed by atoms with E-state index in [0.29, 0.717) is 0 Å². The molecule has 6 nitrogen and oxygen atoms in total. The molecule has 3 atom stereocenters. The monoisotopic (exact) mass is 412 g/mol. The molecule has 0 bridgehead atoms. The maximum atomic E-state index is 12.9. The lowest BCUT2D eigenvalue weighted by Crippen LogP contribution is -2.37. The van der Waals surface area contributed by atoms with Crippen LogP contribution in [0.1, 0.15) is 37.4 Å². The molecule has 1 aliphatic rings. The van der Waals surface area contributed by atoms with Crippen molar-refractivity contribution in [3.05, 3.63) is 71.5 Å². The van der Waals surface area contributed by atoms with E-state index in [-0.39, 0.29) is 37.3 Å². The number of carbonyl (C=O) groups is 3. The van der Waals surface area contributed by atoms with Gasteiger partial charge in [-0.05, 0) is 37.1 Å². The van der Waals surface area contributed by atoms with Crippen LogP contribution >= 0.6 is 0 Å². The molecule has 1 aliphatic heterocycles. The summed E-state index contributed by atoms with van der Waals surface area (Å²) in [6.07, 6.45) is -0.923. The molecule has 30 heavy (non-hydrogen) atoms. The second-order valence-corrected chi connectivity index (χ2v) is 7.46. The second-order valence-electron chi connectivity index (χ2n) is 7.46. The molecule has 2 aromatic rings. The molecule has 7 heteroatoms. The summed E-state index contributed by atoms with van der Waals surface area (Å²) in [6.45, 7) is 3.87. The predicted octanol–water partition coefficient (Wildman–Crippen LogP) is 2.98. The highest BCUT2D eigenvalue weighted by Crippen LogP contribution is 2.29. The van der Waals surface area contributed by atoms with Crippen LogP contribution in [0.2, 0.25) is 0 Å². The number of hydrogen-bond donors (Lipinski definition) is 1. The van der Waals surface area contributed by atoms with Gasteiger partial charge in [-0.3, -0.25) is 14.4 Å². The summed E-state index contributed by atoms with van der Waals surface area (Å²) in [5.41, 5.74) is 1.73. The highest BCUT2D eigenvalue weighted by atomic mass is 19.1. The molecule has 1 N–H and O–H groups in total. The van der Waals surface area contributed by atoms with Gasteiger partial charge in [0.05, 0.1) is 12.0 Å². The third-order valence-corrected chi connectivity index (χ3v) is 5.28. The summed E-state index contributed by atoms with van der Waals surface area (Å²) in [6, 6.07) is 15.2. The van der Waals surface area contributed by atoms with Gasteiger partial charge in [0.2, 0.25) is 5.91 Å². The number of likely N-dealkylation sites (tertiary alicyclic amines) is 1. The average Bonchev–Trinajstić information content (AvgIpc) is 3.15. The number of esters is 1. The van der Waals surface area contributed by atoms with Crippen LogP contribution in [0.3, 0.4) is 0 Å². The zero-order valence-electron chi connectivity index (χ0n) is 17.0. The topological polar surface area (TPSA) is 75.7 Å². The predicted molar refractivity (Wildman–Crippen MR) is 108 cm³/mol. The highest BCUT2D eigenvalue weighted by Gasteiger charge is 2.38. The SMILES string of the molecule is C[C@H](OC(=O)[C@H]1CC(=O)N([C@H](C)c2ccccc2)C1)C(=O)NCc1ccc(F)cc1. The van der Waals surface area contributed by atoms with Crippen LogP contribution in [-0.4, -0.2) is 35.3 Å². The number of nitrogens with zero attached hydrogens (tertiary/aromatic N) is 1. The van der Waals surface area contributed by atoms with E-state index < -0.39 is 23.9 Å². The Morgan fingerprint density at radius 3 is 2.47 bits per heavy atom. The van der Waals surface area contributed by atoms with E-state index in [0.717, 1.165) is 11.1 Å². The third-order valence-electron chi connectivity index (χ3n) is 5.28. The molecule has 0 aromatic heterocycles. The highest BCUT2D eigenvalue weighted by molar-refractivity contribution is 5.89. The van der Waals surface area contributed by atoms with Crippen LogP contribution < -0.4 is 5.32 Å². The summed E-state index contributed by atoms with van der Waals surface area (Å²) in [5.74, 6) is -2.08. The minimum absolute atomic E-state index is 0.0694. The molecule has 0 spiro atoms. The van der Waals surface area contributed by atoms with Gasteiger partial charge < -0.3 is 15.0 Å².